The Morgan fingerprint density at radius 1 is 1.14 bits per heavy atom. The van der Waals surface area contributed by atoms with Crippen LogP contribution in [0.15, 0.2) is 29.3 Å². The summed E-state index contributed by atoms with van der Waals surface area (Å²) in [6, 6.07) is 4.76. The SMILES string of the molecule is CC1=C(C)C[C@@H](C(=O)Nc2cc(Cl)ccc2Cl)[C@H](C(=O)O)C1. The molecule has 1 amide bonds. The van der Waals surface area contributed by atoms with Crippen molar-refractivity contribution in [2.24, 2.45) is 11.8 Å². The fraction of sp³-hybridized carbons (Fsp3) is 0.375. The Bertz CT molecular complexity index is 655. The van der Waals surface area contributed by atoms with E-state index in [4.69, 9.17) is 23.2 Å². The molecule has 1 aliphatic carbocycles. The van der Waals surface area contributed by atoms with Crippen molar-refractivity contribution in [3.63, 3.8) is 0 Å². The van der Waals surface area contributed by atoms with Crippen LogP contribution >= 0.6 is 23.2 Å². The predicted molar refractivity (Wildman–Crippen MR) is 87.3 cm³/mol. The molecular weight excluding hydrogens is 325 g/mol. The first-order valence-electron chi connectivity index (χ1n) is 6.93. The van der Waals surface area contributed by atoms with E-state index >= 15 is 0 Å². The molecule has 0 radical (unpaired) electrons. The molecule has 0 bridgehead atoms. The van der Waals surface area contributed by atoms with Crippen LogP contribution in [0.2, 0.25) is 10.0 Å². The molecule has 4 nitrogen and oxygen atoms in total. The average molecular weight is 342 g/mol. The van der Waals surface area contributed by atoms with Crippen LogP contribution in [0, 0.1) is 11.8 Å². The lowest BCUT2D eigenvalue weighted by atomic mass is 9.76. The number of rotatable bonds is 3. The largest absolute Gasteiger partial charge is 0.481 e. The van der Waals surface area contributed by atoms with Gasteiger partial charge in [0.2, 0.25) is 5.91 Å². The van der Waals surface area contributed by atoms with Crippen LogP contribution in [-0.2, 0) is 9.59 Å². The van der Waals surface area contributed by atoms with Gasteiger partial charge in [-0.05, 0) is 44.9 Å². The Labute approximate surface area is 139 Å². The number of carboxylic acids is 1. The fourth-order valence-electron chi connectivity index (χ4n) is 2.65. The molecule has 0 fully saturated rings. The number of hydrogen-bond acceptors (Lipinski definition) is 2. The second-order valence-corrected chi connectivity index (χ2v) is 6.48. The number of nitrogens with one attached hydrogen (secondary N) is 1. The molecule has 0 aromatic heterocycles. The van der Waals surface area contributed by atoms with Crippen LogP contribution in [0.25, 0.3) is 0 Å². The molecule has 0 saturated heterocycles. The Balaban J connectivity index is 2.23. The predicted octanol–water partition coefficient (Wildman–Crippen LogP) is 4.38. The van der Waals surface area contributed by atoms with Crippen molar-refractivity contribution in [2.75, 3.05) is 5.32 Å². The van der Waals surface area contributed by atoms with Gasteiger partial charge in [0.1, 0.15) is 0 Å². The Morgan fingerprint density at radius 2 is 1.73 bits per heavy atom. The van der Waals surface area contributed by atoms with Crippen molar-refractivity contribution in [2.45, 2.75) is 26.7 Å². The lowest BCUT2D eigenvalue weighted by molar-refractivity contribution is -0.146. The van der Waals surface area contributed by atoms with Crippen molar-refractivity contribution in [3.05, 3.63) is 39.4 Å². The normalized spacial score (nSPS) is 21.6. The number of benzene rings is 1. The van der Waals surface area contributed by atoms with Crippen LogP contribution in [0.5, 0.6) is 0 Å². The molecule has 1 aromatic rings. The van der Waals surface area contributed by atoms with Crippen molar-refractivity contribution in [3.8, 4) is 0 Å². The van der Waals surface area contributed by atoms with E-state index in [1.54, 1.807) is 18.2 Å². The van der Waals surface area contributed by atoms with Gasteiger partial charge in [0, 0.05) is 5.02 Å². The zero-order valence-electron chi connectivity index (χ0n) is 12.3. The number of carbonyl (C=O) groups is 2. The number of halogens is 2. The van der Waals surface area contributed by atoms with E-state index in [1.165, 1.54) is 0 Å². The highest BCUT2D eigenvalue weighted by Crippen LogP contribution is 2.35. The Morgan fingerprint density at radius 3 is 2.32 bits per heavy atom. The standard InChI is InChI=1S/C16H17Cl2NO3/c1-8-5-11(12(16(21)22)6-9(8)2)15(20)19-14-7-10(17)3-4-13(14)18/h3-4,7,11-12H,5-6H2,1-2H3,(H,19,20)(H,21,22)/t11-,12-/m1/s1. The lowest BCUT2D eigenvalue weighted by Gasteiger charge is -2.29. The highest BCUT2D eigenvalue weighted by atomic mass is 35.5. The molecule has 0 saturated carbocycles. The van der Waals surface area contributed by atoms with Gasteiger partial charge in [-0.2, -0.15) is 0 Å². The summed E-state index contributed by atoms with van der Waals surface area (Å²) >= 11 is 11.9. The number of anilines is 1. The van der Waals surface area contributed by atoms with Crippen LogP contribution in [0.3, 0.4) is 0 Å². The molecule has 1 aromatic carbocycles. The summed E-state index contributed by atoms with van der Waals surface area (Å²) in [5.41, 5.74) is 2.50. The summed E-state index contributed by atoms with van der Waals surface area (Å²) in [5.74, 6) is -2.63. The van der Waals surface area contributed by atoms with E-state index < -0.39 is 17.8 Å². The Kier molecular flexibility index (Phi) is 5.14. The quantitative estimate of drug-likeness (QED) is 0.801. The van der Waals surface area contributed by atoms with Gasteiger partial charge in [0.05, 0.1) is 22.5 Å². The maximum atomic E-state index is 12.5. The molecule has 118 valence electrons. The summed E-state index contributed by atoms with van der Waals surface area (Å²) < 4.78 is 0. The van der Waals surface area contributed by atoms with E-state index in [0.717, 1.165) is 11.1 Å². The van der Waals surface area contributed by atoms with Gasteiger partial charge in [-0.25, -0.2) is 0 Å². The van der Waals surface area contributed by atoms with E-state index in [2.05, 4.69) is 5.32 Å². The summed E-state index contributed by atoms with van der Waals surface area (Å²) in [7, 11) is 0. The van der Waals surface area contributed by atoms with E-state index in [9.17, 15) is 14.7 Å². The zero-order valence-corrected chi connectivity index (χ0v) is 13.8. The number of carbonyl (C=O) groups excluding carboxylic acids is 1. The zero-order chi connectivity index (χ0) is 16.4. The van der Waals surface area contributed by atoms with Crippen LogP contribution < -0.4 is 5.32 Å². The third-order valence-corrected chi connectivity index (χ3v) is 4.67. The van der Waals surface area contributed by atoms with E-state index in [1.807, 2.05) is 13.8 Å². The van der Waals surface area contributed by atoms with Crippen molar-refractivity contribution >= 4 is 40.8 Å². The second-order valence-electron chi connectivity index (χ2n) is 5.63. The minimum absolute atomic E-state index is 0.344. The lowest BCUT2D eigenvalue weighted by Crippen LogP contribution is -2.36. The van der Waals surface area contributed by atoms with E-state index in [0.29, 0.717) is 28.6 Å². The highest BCUT2D eigenvalue weighted by molar-refractivity contribution is 6.35. The summed E-state index contributed by atoms with van der Waals surface area (Å²) in [6.45, 7) is 3.84. The number of allylic oxidation sites excluding steroid dienone is 2. The highest BCUT2D eigenvalue weighted by Gasteiger charge is 2.37. The van der Waals surface area contributed by atoms with Gasteiger partial charge in [0.25, 0.3) is 0 Å². The monoisotopic (exact) mass is 341 g/mol. The summed E-state index contributed by atoms with van der Waals surface area (Å²) in [5, 5.41) is 12.9. The molecule has 2 atom stereocenters. The number of aliphatic carboxylic acids is 1. The molecule has 1 aliphatic rings. The first kappa shape index (κ1) is 16.8. The minimum Gasteiger partial charge on any atom is -0.481 e. The summed E-state index contributed by atoms with van der Waals surface area (Å²) in [4.78, 5) is 23.9. The molecule has 22 heavy (non-hydrogen) atoms. The smallest absolute Gasteiger partial charge is 0.307 e. The van der Waals surface area contributed by atoms with Crippen LogP contribution in [-0.4, -0.2) is 17.0 Å². The maximum absolute atomic E-state index is 12.5. The van der Waals surface area contributed by atoms with Crippen molar-refractivity contribution in [1.82, 2.24) is 0 Å². The van der Waals surface area contributed by atoms with Gasteiger partial charge in [-0.15, -0.1) is 0 Å². The molecule has 6 heteroatoms. The van der Waals surface area contributed by atoms with Gasteiger partial charge in [-0.1, -0.05) is 34.3 Å². The topological polar surface area (TPSA) is 66.4 Å². The molecular formula is C16H17Cl2NO3. The number of amides is 1. The number of hydrogen-bond donors (Lipinski definition) is 2. The third-order valence-electron chi connectivity index (χ3n) is 4.11. The Hall–Kier alpha value is -1.52. The van der Waals surface area contributed by atoms with Gasteiger partial charge < -0.3 is 10.4 Å². The maximum Gasteiger partial charge on any atom is 0.307 e. The van der Waals surface area contributed by atoms with E-state index in [-0.39, 0.29) is 5.91 Å². The first-order valence-corrected chi connectivity index (χ1v) is 7.69. The molecule has 0 aliphatic heterocycles. The molecule has 2 rings (SSSR count). The van der Waals surface area contributed by atoms with Crippen LogP contribution in [0.4, 0.5) is 5.69 Å². The average Bonchev–Trinajstić information content (AvgIpc) is 2.45. The van der Waals surface area contributed by atoms with Crippen LogP contribution in [0.1, 0.15) is 26.7 Å². The second kappa shape index (κ2) is 6.71. The third kappa shape index (κ3) is 3.62. The van der Waals surface area contributed by atoms with Crippen molar-refractivity contribution < 1.29 is 14.7 Å². The van der Waals surface area contributed by atoms with Gasteiger partial charge >= 0.3 is 5.97 Å². The molecule has 0 unspecified atom stereocenters. The molecule has 0 heterocycles. The minimum atomic E-state index is -0.954. The first-order chi connectivity index (χ1) is 10.3. The number of carboxylic acid groups (broad SMARTS) is 1. The van der Waals surface area contributed by atoms with Gasteiger partial charge in [-0.3, -0.25) is 9.59 Å². The van der Waals surface area contributed by atoms with Crippen molar-refractivity contribution in [1.29, 1.82) is 0 Å². The fourth-order valence-corrected chi connectivity index (χ4v) is 2.98. The van der Waals surface area contributed by atoms with Gasteiger partial charge in [0.15, 0.2) is 0 Å². The molecule has 0 spiro atoms. The molecule has 2 N–H and O–H groups in total. The summed E-state index contributed by atoms with van der Waals surface area (Å²) in [6.07, 6.45) is 0.829.